The van der Waals surface area contributed by atoms with E-state index < -0.39 is 0 Å². The van der Waals surface area contributed by atoms with E-state index in [9.17, 15) is 4.79 Å². The van der Waals surface area contributed by atoms with Crippen LogP contribution in [-0.4, -0.2) is 86.1 Å². The summed E-state index contributed by atoms with van der Waals surface area (Å²) in [7, 11) is 1.80. The normalized spacial score (nSPS) is 18.3. The number of furan rings is 1. The molecule has 1 N–H and O–H groups in total. The number of benzene rings is 1. The minimum atomic E-state index is -0.0512. The van der Waals surface area contributed by atoms with Gasteiger partial charge >= 0.3 is 0 Å². The van der Waals surface area contributed by atoms with Crippen molar-refractivity contribution in [2.45, 2.75) is 13.1 Å². The number of ether oxygens (including phenoxy) is 1. The number of rotatable bonds is 5. The lowest BCUT2D eigenvalue weighted by Gasteiger charge is -2.36. The fourth-order valence-electron chi connectivity index (χ4n) is 4.05. The minimum absolute atomic E-state index is 0.0512. The van der Waals surface area contributed by atoms with Gasteiger partial charge in [0.25, 0.3) is 5.91 Å². The summed E-state index contributed by atoms with van der Waals surface area (Å²) in [6.45, 7) is 8.06. The van der Waals surface area contributed by atoms with Crippen LogP contribution in [0, 0.1) is 0 Å². The molecule has 2 aliphatic heterocycles. The number of hydrogen-bond donors (Lipinski definition) is 1. The van der Waals surface area contributed by atoms with Crippen molar-refractivity contribution in [3.8, 4) is 0 Å². The number of morpholine rings is 1. The van der Waals surface area contributed by atoms with Crippen LogP contribution in [0.15, 0.2) is 52.1 Å². The molecular formula is C23H31N5O3. The van der Waals surface area contributed by atoms with E-state index in [1.54, 1.807) is 19.2 Å². The molecule has 4 rings (SSSR count). The zero-order valence-corrected chi connectivity index (χ0v) is 18.1. The van der Waals surface area contributed by atoms with E-state index in [4.69, 9.17) is 9.15 Å². The van der Waals surface area contributed by atoms with E-state index >= 15 is 0 Å². The summed E-state index contributed by atoms with van der Waals surface area (Å²) in [5.41, 5.74) is 2.56. The summed E-state index contributed by atoms with van der Waals surface area (Å²) in [6, 6.07) is 12.2. The number of carbonyl (C=O) groups excluding carboxylic acids is 1. The van der Waals surface area contributed by atoms with Crippen LogP contribution in [-0.2, 0) is 17.8 Å². The number of nitrogens with zero attached hydrogens (tertiary/aromatic N) is 4. The van der Waals surface area contributed by atoms with Crippen molar-refractivity contribution in [1.82, 2.24) is 20.0 Å². The van der Waals surface area contributed by atoms with Gasteiger partial charge in [0.05, 0.1) is 19.5 Å². The summed E-state index contributed by atoms with van der Waals surface area (Å²) >= 11 is 0. The Morgan fingerprint density at radius 3 is 2.45 bits per heavy atom. The zero-order chi connectivity index (χ0) is 21.5. The van der Waals surface area contributed by atoms with Gasteiger partial charge in [0, 0.05) is 59.4 Å². The molecule has 0 aliphatic carbocycles. The van der Waals surface area contributed by atoms with Crippen molar-refractivity contribution < 1.29 is 13.9 Å². The topological polar surface area (TPSA) is 73.6 Å². The first-order chi connectivity index (χ1) is 15.2. The minimum Gasteiger partial charge on any atom is -0.459 e. The van der Waals surface area contributed by atoms with E-state index in [0.29, 0.717) is 18.8 Å². The third kappa shape index (κ3) is 5.65. The van der Waals surface area contributed by atoms with Crippen molar-refractivity contribution in [3.63, 3.8) is 0 Å². The van der Waals surface area contributed by atoms with Crippen molar-refractivity contribution in [2.24, 2.45) is 4.99 Å². The van der Waals surface area contributed by atoms with Gasteiger partial charge in [-0.05, 0) is 23.3 Å². The number of aliphatic imine (C=N–C) groups is 1. The van der Waals surface area contributed by atoms with E-state index in [1.807, 2.05) is 4.90 Å². The molecule has 2 fully saturated rings. The van der Waals surface area contributed by atoms with Gasteiger partial charge in [-0.3, -0.25) is 14.7 Å². The Labute approximate surface area is 183 Å². The van der Waals surface area contributed by atoms with Gasteiger partial charge in [-0.25, -0.2) is 0 Å². The molecule has 0 saturated carbocycles. The number of amides is 1. The van der Waals surface area contributed by atoms with Gasteiger partial charge < -0.3 is 24.3 Å². The zero-order valence-electron chi connectivity index (χ0n) is 18.1. The maximum Gasteiger partial charge on any atom is 0.289 e. The van der Waals surface area contributed by atoms with Gasteiger partial charge in [0.15, 0.2) is 11.7 Å². The van der Waals surface area contributed by atoms with Crippen molar-refractivity contribution >= 4 is 11.9 Å². The summed E-state index contributed by atoms with van der Waals surface area (Å²) in [5, 5.41) is 3.48. The molecule has 2 aromatic rings. The Hall–Kier alpha value is -2.84. The van der Waals surface area contributed by atoms with Crippen LogP contribution < -0.4 is 5.32 Å². The number of hydrogen-bond acceptors (Lipinski definition) is 5. The first kappa shape index (κ1) is 21.4. The van der Waals surface area contributed by atoms with Gasteiger partial charge in [0.1, 0.15) is 0 Å². The molecule has 8 nitrogen and oxygen atoms in total. The van der Waals surface area contributed by atoms with Crippen LogP contribution in [0.4, 0.5) is 0 Å². The molecule has 2 saturated heterocycles. The molecule has 166 valence electrons. The molecule has 0 radical (unpaired) electrons. The second-order valence-corrected chi connectivity index (χ2v) is 7.87. The van der Waals surface area contributed by atoms with E-state index in [-0.39, 0.29) is 5.91 Å². The fourth-order valence-corrected chi connectivity index (χ4v) is 4.05. The van der Waals surface area contributed by atoms with Gasteiger partial charge in [-0.15, -0.1) is 0 Å². The predicted octanol–water partition coefficient (Wildman–Crippen LogP) is 1.65. The van der Waals surface area contributed by atoms with Crippen LogP contribution in [0.5, 0.6) is 0 Å². The first-order valence-electron chi connectivity index (χ1n) is 10.9. The highest BCUT2D eigenvalue weighted by atomic mass is 16.5. The third-order valence-electron chi connectivity index (χ3n) is 5.76. The van der Waals surface area contributed by atoms with Crippen LogP contribution in [0.1, 0.15) is 21.7 Å². The fraction of sp³-hybridized carbons (Fsp3) is 0.478. The Kier molecular flexibility index (Phi) is 7.22. The second kappa shape index (κ2) is 10.5. The smallest absolute Gasteiger partial charge is 0.289 e. The molecule has 0 bridgehead atoms. The van der Waals surface area contributed by atoms with Gasteiger partial charge in [0.2, 0.25) is 0 Å². The number of piperazine rings is 1. The third-order valence-corrected chi connectivity index (χ3v) is 5.76. The predicted molar refractivity (Wildman–Crippen MR) is 119 cm³/mol. The lowest BCUT2D eigenvalue weighted by Crippen LogP contribution is -2.53. The van der Waals surface area contributed by atoms with Crippen molar-refractivity contribution in [2.75, 3.05) is 59.5 Å². The molecule has 0 spiro atoms. The summed E-state index contributed by atoms with van der Waals surface area (Å²) in [5.74, 6) is 1.21. The SMILES string of the molecule is CN=C(NCc1cccc(CN2CCOCC2)c1)N1CCN(C(=O)c2ccco2)CC1. The Balaban J connectivity index is 1.27. The monoisotopic (exact) mass is 425 g/mol. The Bertz CT molecular complexity index is 869. The standard InChI is InChI=1S/C23H31N5O3/c1-24-23(28-9-7-27(8-10-28)22(29)21-6-3-13-31-21)25-17-19-4-2-5-20(16-19)18-26-11-14-30-15-12-26/h2-6,13,16H,7-12,14-15,17-18H2,1H3,(H,24,25). The van der Waals surface area contributed by atoms with Crippen LogP contribution in [0.2, 0.25) is 0 Å². The van der Waals surface area contributed by atoms with E-state index in [2.05, 4.69) is 44.4 Å². The number of guanidine groups is 1. The molecule has 0 unspecified atom stereocenters. The Morgan fingerprint density at radius 1 is 1.00 bits per heavy atom. The molecule has 1 aromatic carbocycles. The van der Waals surface area contributed by atoms with Crippen LogP contribution >= 0.6 is 0 Å². The highest BCUT2D eigenvalue weighted by Crippen LogP contribution is 2.12. The van der Waals surface area contributed by atoms with Crippen LogP contribution in [0.3, 0.4) is 0 Å². The van der Waals surface area contributed by atoms with Crippen molar-refractivity contribution in [3.05, 3.63) is 59.5 Å². The summed E-state index contributed by atoms with van der Waals surface area (Å²) < 4.78 is 10.7. The molecule has 0 atom stereocenters. The molecule has 2 aliphatic rings. The van der Waals surface area contributed by atoms with Crippen LogP contribution in [0.25, 0.3) is 0 Å². The highest BCUT2D eigenvalue weighted by molar-refractivity contribution is 5.91. The van der Waals surface area contributed by atoms with Crippen molar-refractivity contribution in [1.29, 1.82) is 0 Å². The maximum atomic E-state index is 12.4. The number of carbonyl (C=O) groups is 1. The Morgan fingerprint density at radius 2 is 1.74 bits per heavy atom. The molecule has 8 heteroatoms. The molecular weight excluding hydrogens is 394 g/mol. The lowest BCUT2D eigenvalue weighted by molar-refractivity contribution is 0.0342. The van der Waals surface area contributed by atoms with E-state index in [1.165, 1.54) is 17.4 Å². The maximum absolute atomic E-state index is 12.4. The molecule has 1 aromatic heterocycles. The van der Waals surface area contributed by atoms with Gasteiger partial charge in [-0.1, -0.05) is 24.3 Å². The lowest BCUT2D eigenvalue weighted by atomic mass is 10.1. The quantitative estimate of drug-likeness (QED) is 0.580. The average molecular weight is 426 g/mol. The molecule has 31 heavy (non-hydrogen) atoms. The summed E-state index contributed by atoms with van der Waals surface area (Å²) in [6.07, 6.45) is 1.53. The molecule has 1 amide bonds. The summed E-state index contributed by atoms with van der Waals surface area (Å²) in [4.78, 5) is 23.4. The largest absolute Gasteiger partial charge is 0.459 e. The average Bonchev–Trinajstić information content (AvgIpc) is 3.35. The number of nitrogens with one attached hydrogen (secondary N) is 1. The second-order valence-electron chi connectivity index (χ2n) is 7.87. The highest BCUT2D eigenvalue weighted by Gasteiger charge is 2.25. The molecule has 3 heterocycles. The van der Waals surface area contributed by atoms with Gasteiger partial charge in [-0.2, -0.15) is 0 Å². The first-order valence-corrected chi connectivity index (χ1v) is 10.9. The van der Waals surface area contributed by atoms with E-state index in [0.717, 1.165) is 58.4 Å².